The van der Waals surface area contributed by atoms with Gasteiger partial charge in [-0.1, -0.05) is 32.0 Å². The molecule has 1 aromatic carbocycles. The fourth-order valence-electron chi connectivity index (χ4n) is 3.28. The maximum Gasteiger partial charge on any atom is 0.178 e. The fourth-order valence-corrected chi connectivity index (χ4v) is 4.99. The molecule has 1 aliphatic heterocycles. The van der Waals surface area contributed by atoms with E-state index in [1.165, 1.54) is 0 Å². The summed E-state index contributed by atoms with van der Waals surface area (Å²) in [5.41, 5.74) is 6.65. The third kappa shape index (κ3) is 2.38. The van der Waals surface area contributed by atoms with E-state index in [0.717, 1.165) is 25.1 Å². The molecule has 1 unspecified atom stereocenters. The van der Waals surface area contributed by atoms with Crippen molar-refractivity contribution in [1.29, 1.82) is 0 Å². The van der Waals surface area contributed by atoms with Gasteiger partial charge >= 0.3 is 0 Å². The van der Waals surface area contributed by atoms with Gasteiger partial charge in [-0.05, 0) is 37.6 Å². The van der Waals surface area contributed by atoms with Crippen LogP contribution < -0.4 is 5.73 Å². The second-order valence-electron chi connectivity index (χ2n) is 5.38. The number of nitrogens with zero attached hydrogens (tertiary/aromatic N) is 1. The summed E-state index contributed by atoms with van der Waals surface area (Å²) in [5.74, 6) is 0.182. The lowest BCUT2D eigenvalue weighted by molar-refractivity contribution is 0.0891. The fraction of sp³-hybridized carbons (Fsp3) is 0.600. The second kappa shape index (κ2) is 5.84. The van der Waals surface area contributed by atoms with E-state index < -0.39 is 9.84 Å². The summed E-state index contributed by atoms with van der Waals surface area (Å²) in [5, 5.41) is 0. The number of benzene rings is 1. The van der Waals surface area contributed by atoms with E-state index in [0.29, 0.717) is 17.9 Å². The van der Waals surface area contributed by atoms with Gasteiger partial charge in [0.05, 0.1) is 16.2 Å². The zero-order chi connectivity index (χ0) is 14.8. The first kappa shape index (κ1) is 15.5. The molecule has 2 rings (SSSR count). The van der Waals surface area contributed by atoms with Gasteiger partial charge in [0.15, 0.2) is 9.84 Å². The Morgan fingerprint density at radius 3 is 2.60 bits per heavy atom. The molecule has 1 atom stereocenters. The van der Waals surface area contributed by atoms with E-state index >= 15 is 0 Å². The Bertz CT molecular complexity index is 571. The third-order valence-corrected chi connectivity index (χ3v) is 6.09. The molecule has 5 heteroatoms. The Morgan fingerprint density at radius 1 is 1.30 bits per heavy atom. The van der Waals surface area contributed by atoms with Crippen LogP contribution in [0.15, 0.2) is 29.2 Å². The summed E-state index contributed by atoms with van der Waals surface area (Å²) < 4.78 is 24.6. The van der Waals surface area contributed by atoms with E-state index in [4.69, 9.17) is 5.73 Å². The number of sulfone groups is 1. The Kier molecular flexibility index (Phi) is 4.52. The average molecular weight is 296 g/mol. The lowest BCUT2D eigenvalue weighted by atomic mass is 9.84. The van der Waals surface area contributed by atoms with Gasteiger partial charge in [0.1, 0.15) is 0 Å². The van der Waals surface area contributed by atoms with Gasteiger partial charge in [0.25, 0.3) is 0 Å². The minimum Gasteiger partial charge on any atom is -0.328 e. The van der Waals surface area contributed by atoms with Gasteiger partial charge < -0.3 is 5.73 Å². The highest BCUT2D eigenvalue weighted by Gasteiger charge is 2.44. The molecular formula is C15H24N2O2S. The summed E-state index contributed by atoms with van der Waals surface area (Å²) in [6.45, 7) is 6.51. The summed E-state index contributed by atoms with van der Waals surface area (Å²) >= 11 is 0. The van der Waals surface area contributed by atoms with Crippen LogP contribution in [-0.4, -0.2) is 38.7 Å². The van der Waals surface area contributed by atoms with Crippen molar-refractivity contribution < 1.29 is 8.42 Å². The highest BCUT2D eigenvalue weighted by atomic mass is 32.2. The Hall–Kier alpha value is -0.910. The molecular weight excluding hydrogens is 272 g/mol. The number of fused-ring (bicyclic) bond motifs is 1. The molecule has 0 saturated heterocycles. The van der Waals surface area contributed by atoms with Crippen molar-refractivity contribution in [2.24, 2.45) is 5.73 Å². The van der Waals surface area contributed by atoms with Gasteiger partial charge in [-0.25, -0.2) is 8.42 Å². The van der Waals surface area contributed by atoms with Crippen molar-refractivity contribution in [2.45, 2.75) is 37.1 Å². The van der Waals surface area contributed by atoms with Crippen LogP contribution in [-0.2, 0) is 15.4 Å². The molecule has 1 heterocycles. The second-order valence-corrected chi connectivity index (χ2v) is 7.46. The lowest BCUT2D eigenvalue weighted by Gasteiger charge is -2.46. The zero-order valence-corrected chi connectivity index (χ0v) is 13.1. The molecule has 1 aromatic rings. The Balaban J connectivity index is 2.61. The third-order valence-electron chi connectivity index (χ3n) is 4.33. The first-order valence-electron chi connectivity index (χ1n) is 7.29. The summed E-state index contributed by atoms with van der Waals surface area (Å²) in [6, 6.07) is 7.34. The molecule has 0 amide bonds. The molecule has 112 valence electrons. The van der Waals surface area contributed by atoms with Crippen LogP contribution >= 0.6 is 0 Å². The SMILES string of the molecule is CCCN(CC)C1(CN)CCS(=O)(=O)c2ccccc21. The minimum atomic E-state index is -3.16. The molecule has 0 radical (unpaired) electrons. The molecule has 0 bridgehead atoms. The summed E-state index contributed by atoms with van der Waals surface area (Å²) in [6.07, 6.45) is 1.61. The molecule has 1 aliphatic rings. The van der Waals surface area contributed by atoms with Gasteiger partial charge in [-0.2, -0.15) is 0 Å². The van der Waals surface area contributed by atoms with E-state index in [1.807, 2.05) is 12.1 Å². The summed E-state index contributed by atoms with van der Waals surface area (Å²) in [7, 11) is -3.16. The maximum absolute atomic E-state index is 12.3. The minimum absolute atomic E-state index is 0.182. The molecule has 0 fully saturated rings. The molecule has 4 nitrogen and oxygen atoms in total. The molecule has 0 saturated carbocycles. The van der Waals surface area contributed by atoms with E-state index in [-0.39, 0.29) is 11.3 Å². The van der Waals surface area contributed by atoms with Gasteiger partial charge in [-0.3, -0.25) is 4.90 Å². The first-order chi connectivity index (χ1) is 9.51. The number of nitrogens with two attached hydrogens (primary N) is 1. The number of rotatable bonds is 5. The normalized spacial score (nSPS) is 24.6. The van der Waals surface area contributed by atoms with Crippen LogP contribution in [0.25, 0.3) is 0 Å². The predicted octanol–water partition coefficient (Wildman–Crippen LogP) is 1.75. The van der Waals surface area contributed by atoms with Crippen LogP contribution in [0.4, 0.5) is 0 Å². The Labute approximate surface area is 121 Å². The predicted molar refractivity (Wildman–Crippen MR) is 81.4 cm³/mol. The van der Waals surface area contributed by atoms with Crippen molar-refractivity contribution in [1.82, 2.24) is 4.90 Å². The van der Waals surface area contributed by atoms with Crippen molar-refractivity contribution in [3.05, 3.63) is 29.8 Å². The quantitative estimate of drug-likeness (QED) is 0.899. The molecule has 0 aromatic heterocycles. The number of hydrogen-bond acceptors (Lipinski definition) is 4. The number of hydrogen-bond donors (Lipinski definition) is 1. The van der Waals surface area contributed by atoms with E-state index in [9.17, 15) is 8.42 Å². The Morgan fingerprint density at radius 2 is 2.00 bits per heavy atom. The standard InChI is InChI=1S/C15H24N2O2S/c1-3-10-17(4-2)15(12-16)9-11-20(18,19)14-8-6-5-7-13(14)15/h5-8H,3-4,9-12,16H2,1-2H3. The van der Waals surface area contributed by atoms with Gasteiger partial charge in [0.2, 0.25) is 0 Å². The van der Waals surface area contributed by atoms with Crippen LogP contribution in [0.5, 0.6) is 0 Å². The highest BCUT2D eigenvalue weighted by Crippen LogP contribution is 2.40. The lowest BCUT2D eigenvalue weighted by Crippen LogP contribution is -2.54. The highest BCUT2D eigenvalue weighted by molar-refractivity contribution is 7.91. The zero-order valence-electron chi connectivity index (χ0n) is 12.3. The average Bonchev–Trinajstić information content (AvgIpc) is 2.46. The van der Waals surface area contributed by atoms with Crippen LogP contribution in [0.1, 0.15) is 32.3 Å². The monoisotopic (exact) mass is 296 g/mol. The van der Waals surface area contributed by atoms with Crippen molar-refractivity contribution in [3.63, 3.8) is 0 Å². The van der Waals surface area contributed by atoms with Crippen LogP contribution in [0.2, 0.25) is 0 Å². The van der Waals surface area contributed by atoms with Gasteiger partial charge in [-0.15, -0.1) is 0 Å². The van der Waals surface area contributed by atoms with E-state index in [2.05, 4.69) is 18.7 Å². The molecule has 0 aliphatic carbocycles. The maximum atomic E-state index is 12.3. The van der Waals surface area contributed by atoms with Crippen molar-refractivity contribution >= 4 is 9.84 Å². The van der Waals surface area contributed by atoms with Crippen LogP contribution in [0, 0.1) is 0 Å². The molecule has 20 heavy (non-hydrogen) atoms. The molecule has 2 N–H and O–H groups in total. The first-order valence-corrected chi connectivity index (χ1v) is 8.94. The van der Waals surface area contributed by atoms with Gasteiger partial charge in [0, 0.05) is 6.54 Å². The van der Waals surface area contributed by atoms with Crippen LogP contribution in [0.3, 0.4) is 0 Å². The topological polar surface area (TPSA) is 63.4 Å². The summed E-state index contributed by atoms with van der Waals surface area (Å²) in [4.78, 5) is 2.80. The van der Waals surface area contributed by atoms with Crippen molar-refractivity contribution in [2.75, 3.05) is 25.4 Å². The number of likely N-dealkylation sites (N-methyl/N-ethyl adjacent to an activating group) is 1. The van der Waals surface area contributed by atoms with E-state index in [1.54, 1.807) is 12.1 Å². The smallest absolute Gasteiger partial charge is 0.178 e. The van der Waals surface area contributed by atoms with Crippen molar-refractivity contribution in [3.8, 4) is 0 Å². The molecule has 0 spiro atoms. The largest absolute Gasteiger partial charge is 0.328 e.